The Hall–Kier alpha value is -1.50. The van der Waals surface area contributed by atoms with E-state index in [4.69, 9.17) is 5.26 Å². The van der Waals surface area contributed by atoms with Crippen LogP contribution in [0.3, 0.4) is 0 Å². The molecule has 0 aromatic rings. The third-order valence-corrected chi connectivity index (χ3v) is 1.43. The van der Waals surface area contributed by atoms with E-state index < -0.39 is 0 Å². The molecular formula is C10H17N3O. The summed E-state index contributed by atoms with van der Waals surface area (Å²) in [5.41, 5.74) is 0.118. The van der Waals surface area contributed by atoms with Gasteiger partial charge in [0.1, 0.15) is 11.6 Å². The van der Waals surface area contributed by atoms with Crippen LogP contribution in [0.4, 0.5) is 0 Å². The van der Waals surface area contributed by atoms with Gasteiger partial charge in [-0.25, -0.2) is 0 Å². The zero-order valence-corrected chi connectivity index (χ0v) is 8.92. The molecule has 0 spiro atoms. The lowest BCUT2D eigenvalue weighted by atomic mass is 10.2. The molecule has 0 aromatic heterocycles. The van der Waals surface area contributed by atoms with Crippen LogP contribution in [0.15, 0.2) is 11.8 Å². The van der Waals surface area contributed by atoms with Crippen LogP contribution in [0.2, 0.25) is 0 Å². The lowest BCUT2D eigenvalue weighted by Crippen LogP contribution is -2.31. The maximum Gasteiger partial charge on any atom is 0.263 e. The first-order chi connectivity index (χ1) is 6.61. The largest absolute Gasteiger partial charge is 0.390 e. The number of hydrogen-bond acceptors (Lipinski definition) is 3. The molecule has 0 saturated heterocycles. The minimum Gasteiger partial charge on any atom is -0.390 e. The van der Waals surface area contributed by atoms with Crippen molar-refractivity contribution in [2.24, 2.45) is 0 Å². The summed E-state index contributed by atoms with van der Waals surface area (Å²) in [6, 6.07) is 1.90. The second-order valence-electron chi connectivity index (χ2n) is 3.25. The number of carbonyl (C=O) groups excluding carboxylic acids is 1. The van der Waals surface area contributed by atoms with Gasteiger partial charge in [0.2, 0.25) is 0 Å². The van der Waals surface area contributed by atoms with E-state index in [-0.39, 0.29) is 17.5 Å². The van der Waals surface area contributed by atoms with E-state index in [1.165, 1.54) is 6.20 Å². The zero-order chi connectivity index (χ0) is 11.0. The highest BCUT2D eigenvalue weighted by molar-refractivity contribution is 5.97. The highest BCUT2D eigenvalue weighted by Gasteiger charge is 2.08. The Bertz CT molecular complexity index is 251. The Labute approximate surface area is 85.0 Å². The van der Waals surface area contributed by atoms with Crippen LogP contribution >= 0.6 is 0 Å². The molecule has 0 aliphatic carbocycles. The summed E-state index contributed by atoms with van der Waals surface area (Å²) in [6.45, 7) is 6.49. The highest BCUT2D eigenvalue weighted by Crippen LogP contribution is 1.91. The predicted molar refractivity (Wildman–Crippen MR) is 55.3 cm³/mol. The molecule has 1 amide bonds. The summed E-state index contributed by atoms with van der Waals surface area (Å²) in [5, 5.41) is 14.2. The fourth-order valence-electron chi connectivity index (χ4n) is 0.807. The molecule has 0 aliphatic rings. The fourth-order valence-corrected chi connectivity index (χ4v) is 0.807. The van der Waals surface area contributed by atoms with E-state index in [1.54, 1.807) is 0 Å². The Morgan fingerprint density at radius 1 is 1.57 bits per heavy atom. The SMILES string of the molecule is CCCN/C=C(/C#N)C(=O)NC(C)C. The number of nitriles is 1. The van der Waals surface area contributed by atoms with Crippen LogP contribution in [-0.4, -0.2) is 18.5 Å². The average molecular weight is 195 g/mol. The van der Waals surface area contributed by atoms with Crippen LogP contribution in [-0.2, 0) is 4.79 Å². The van der Waals surface area contributed by atoms with E-state index in [0.29, 0.717) is 0 Å². The van der Waals surface area contributed by atoms with Crippen LogP contribution in [0, 0.1) is 11.3 Å². The van der Waals surface area contributed by atoms with Crippen molar-refractivity contribution in [3.63, 3.8) is 0 Å². The van der Waals surface area contributed by atoms with E-state index in [0.717, 1.165) is 13.0 Å². The van der Waals surface area contributed by atoms with Gasteiger partial charge in [0.25, 0.3) is 5.91 Å². The zero-order valence-electron chi connectivity index (χ0n) is 8.92. The Balaban J connectivity index is 4.20. The van der Waals surface area contributed by atoms with Gasteiger partial charge in [-0.2, -0.15) is 5.26 Å². The number of carbonyl (C=O) groups is 1. The molecule has 0 bridgehead atoms. The average Bonchev–Trinajstić information content (AvgIpc) is 2.11. The first kappa shape index (κ1) is 12.5. The topological polar surface area (TPSA) is 64.9 Å². The molecule has 0 radical (unpaired) electrons. The quantitative estimate of drug-likeness (QED) is 0.389. The lowest BCUT2D eigenvalue weighted by Gasteiger charge is -2.07. The Kier molecular flexibility index (Phi) is 6.21. The van der Waals surface area contributed by atoms with Crippen molar-refractivity contribution >= 4 is 5.91 Å². The first-order valence-corrected chi connectivity index (χ1v) is 4.76. The van der Waals surface area contributed by atoms with Crippen LogP contribution in [0.25, 0.3) is 0 Å². The normalized spacial score (nSPS) is 10.9. The molecule has 0 unspecified atom stereocenters. The summed E-state index contributed by atoms with van der Waals surface area (Å²) >= 11 is 0. The van der Waals surface area contributed by atoms with Gasteiger partial charge in [0.05, 0.1) is 0 Å². The second kappa shape index (κ2) is 6.96. The van der Waals surface area contributed by atoms with Crippen LogP contribution in [0.1, 0.15) is 27.2 Å². The van der Waals surface area contributed by atoms with Crippen molar-refractivity contribution in [1.82, 2.24) is 10.6 Å². The molecular weight excluding hydrogens is 178 g/mol. The van der Waals surface area contributed by atoms with Gasteiger partial charge in [-0.15, -0.1) is 0 Å². The molecule has 4 heteroatoms. The van der Waals surface area contributed by atoms with Gasteiger partial charge >= 0.3 is 0 Å². The maximum atomic E-state index is 11.3. The van der Waals surface area contributed by atoms with E-state index in [1.807, 2.05) is 26.8 Å². The van der Waals surface area contributed by atoms with Crippen LogP contribution < -0.4 is 10.6 Å². The summed E-state index contributed by atoms with van der Waals surface area (Å²) in [7, 11) is 0. The summed E-state index contributed by atoms with van der Waals surface area (Å²) < 4.78 is 0. The van der Waals surface area contributed by atoms with Gasteiger partial charge in [0, 0.05) is 18.8 Å². The number of nitrogens with one attached hydrogen (secondary N) is 2. The standard InChI is InChI=1S/C10H17N3O/c1-4-5-12-7-9(6-11)10(14)13-8(2)3/h7-8,12H,4-5H2,1-3H3,(H,13,14)/b9-7-. The molecule has 0 aliphatic heterocycles. The van der Waals surface area contributed by atoms with Gasteiger partial charge in [-0.05, 0) is 20.3 Å². The number of hydrogen-bond donors (Lipinski definition) is 2. The van der Waals surface area contributed by atoms with Crippen molar-refractivity contribution < 1.29 is 4.79 Å². The maximum absolute atomic E-state index is 11.3. The van der Waals surface area contributed by atoms with Gasteiger partial charge in [-0.3, -0.25) is 4.79 Å². The van der Waals surface area contributed by atoms with Crippen LogP contribution in [0.5, 0.6) is 0 Å². The molecule has 0 atom stereocenters. The smallest absolute Gasteiger partial charge is 0.263 e. The summed E-state index contributed by atoms with van der Waals surface area (Å²) in [5.74, 6) is -0.328. The summed E-state index contributed by atoms with van der Waals surface area (Å²) in [4.78, 5) is 11.3. The molecule has 0 fully saturated rings. The first-order valence-electron chi connectivity index (χ1n) is 4.76. The number of amides is 1. The molecule has 78 valence electrons. The number of nitrogens with zero attached hydrogens (tertiary/aromatic N) is 1. The van der Waals surface area contributed by atoms with Crippen molar-refractivity contribution in [2.75, 3.05) is 6.54 Å². The van der Waals surface area contributed by atoms with Crippen molar-refractivity contribution in [2.45, 2.75) is 33.2 Å². The second-order valence-corrected chi connectivity index (χ2v) is 3.25. The minimum atomic E-state index is -0.328. The fraction of sp³-hybridized carbons (Fsp3) is 0.600. The third kappa shape index (κ3) is 5.20. The molecule has 0 aromatic carbocycles. The minimum absolute atomic E-state index is 0.0467. The Morgan fingerprint density at radius 3 is 2.64 bits per heavy atom. The van der Waals surface area contributed by atoms with Crippen molar-refractivity contribution in [3.8, 4) is 6.07 Å². The van der Waals surface area contributed by atoms with Gasteiger partial charge in [0.15, 0.2) is 0 Å². The molecule has 0 heterocycles. The van der Waals surface area contributed by atoms with Crippen molar-refractivity contribution in [3.05, 3.63) is 11.8 Å². The monoisotopic (exact) mass is 195 g/mol. The van der Waals surface area contributed by atoms with Gasteiger partial charge < -0.3 is 10.6 Å². The third-order valence-electron chi connectivity index (χ3n) is 1.43. The molecule has 0 saturated carbocycles. The van der Waals surface area contributed by atoms with E-state index >= 15 is 0 Å². The lowest BCUT2D eigenvalue weighted by molar-refractivity contribution is -0.117. The number of rotatable bonds is 5. The highest BCUT2D eigenvalue weighted by atomic mass is 16.1. The predicted octanol–water partition coefficient (Wildman–Crippen LogP) is 0.918. The molecule has 4 nitrogen and oxygen atoms in total. The van der Waals surface area contributed by atoms with E-state index in [9.17, 15) is 4.79 Å². The Morgan fingerprint density at radius 2 is 2.21 bits per heavy atom. The molecule has 2 N–H and O–H groups in total. The summed E-state index contributed by atoms with van der Waals surface area (Å²) in [6.07, 6.45) is 2.42. The van der Waals surface area contributed by atoms with E-state index in [2.05, 4.69) is 10.6 Å². The van der Waals surface area contributed by atoms with Gasteiger partial charge in [-0.1, -0.05) is 6.92 Å². The molecule has 0 rings (SSSR count). The van der Waals surface area contributed by atoms with Crippen molar-refractivity contribution in [1.29, 1.82) is 5.26 Å². The molecule has 14 heavy (non-hydrogen) atoms.